The van der Waals surface area contributed by atoms with Gasteiger partial charge in [-0.2, -0.15) is 0 Å². The Kier molecular flexibility index (Phi) is 5.36. The molecule has 0 radical (unpaired) electrons. The molecule has 0 aliphatic carbocycles. The Bertz CT molecular complexity index is 598. The van der Waals surface area contributed by atoms with Crippen molar-refractivity contribution in [2.24, 2.45) is 0 Å². The second-order valence-electron chi connectivity index (χ2n) is 7.77. The van der Waals surface area contributed by atoms with Gasteiger partial charge >= 0.3 is 0 Å². The summed E-state index contributed by atoms with van der Waals surface area (Å²) in [6.07, 6.45) is 3.82. The number of amides is 1. The maximum atomic E-state index is 12.7. The molecule has 7 heteroatoms. The van der Waals surface area contributed by atoms with Gasteiger partial charge in [-0.25, -0.2) is 9.97 Å². The molecule has 3 rings (SSSR count). The first-order valence-electron chi connectivity index (χ1n) is 9.11. The topological polar surface area (TPSA) is 72.8 Å². The summed E-state index contributed by atoms with van der Waals surface area (Å²) in [4.78, 5) is 27.5. The maximum absolute atomic E-state index is 12.7. The molecule has 1 atom stereocenters. The standard InChI is InChI=1S/C18H29N5O2/c1-14(2)16-19-10-15(11-20-16)17(24)23-5-4-18(25,13-23)12-22-8-6-21(3)7-9-22/h10-11,14,25H,4-9,12-13H2,1-3H3/t18-/m1/s1. The highest BCUT2D eigenvalue weighted by Gasteiger charge is 2.40. The monoisotopic (exact) mass is 347 g/mol. The average molecular weight is 347 g/mol. The fraction of sp³-hybridized carbons (Fsp3) is 0.722. The summed E-state index contributed by atoms with van der Waals surface area (Å²) in [7, 11) is 2.12. The Balaban J connectivity index is 1.58. The van der Waals surface area contributed by atoms with Crippen LogP contribution in [0.25, 0.3) is 0 Å². The molecule has 0 bridgehead atoms. The van der Waals surface area contributed by atoms with E-state index in [0.717, 1.165) is 32.0 Å². The SMILES string of the molecule is CC(C)c1ncc(C(=O)N2CC[C@@](O)(CN3CCN(C)CC3)C2)cn1. The molecule has 2 aliphatic heterocycles. The summed E-state index contributed by atoms with van der Waals surface area (Å²) in [5.41, 5.74) is -0.321. The normalized spacial score (nSPS) is 25.7. The van der Waals surface area contributed by atoms with E-state index < -0.39 is 5.60 Å². The van der Waals surface area contributed by atoms with E-state index in [1.54, 1.807) is 17.3 Å². The lowest BCUT2D eigenvalue weighted by molar-refractivity contribution is 0.000516. The molecule has 0 aromatic carbocycles. The lowest BCUT2D eigenvalue weighted by Gasteiger charge is -2.36. The maximum Gasteiger partial charge on any atom is 0.257 e. The van der Waals surface area contributed by atoms with E-state index in [1.165, 1.54) is 0 Å². The van der Waals surface area contributed by atoms with Gasteiger partial charge in [-0.15, -0.1) is 0 Å². The van der Waals surface area contributed by atoms with Crippen molar-refractivity contribution < 1.29 is 9.90 Å². The molecular weight excluding hydrogens is 318 g/mol. The van der Waals surface area contributed by atoms with Gasteiger partial charge in [0.1, 0.15) is 5.82 Å². The zero-order chi connectivity index (χ0) is 18.0. The van der Waals surface area contributed by atoms with Crippen LogP contribution in [0, 0.1) is 0 Å². The molecule has 1 aromatic heterocycles. The summed E-state index contributed by atoms with van der Waals surface area (Å²) < 4.78 is 0. The number of likely N-dealkylation sites (tertiary alicyclic amines) is 1. The van der Waals surface area contributed by atoms with Crippen LogP contribution in [0.2, 0.25) is 0 Å². The van der Waals surface area contributed by atoms with Crippen LogP contribution in [0.3, 0.4) is 0 Å². The molecule has 2 saturated heterocycles. The van der Waals surface area contributed by atoms with Crippen molar-refractivity contribution in [3.05, 3.63) is 23.8 Å². The number of aromatic nitrogens is 2. The first-order valence-corrected chi connectivity index (χ1v) is 9.11. The molecule has 1 N–H and O–H groups in total. The first-order chi connectivity index (χ1) is 11.9. The predicted molar refractivity (Wildman–Crippen MR) is 95.5 cm³/mol. The summed E-state index contributed by atoms with van der Waals surface area (Å²) in [6.45, 7) is 9.63. The predicted octanol–water partition coefficient (Wildman–Crippen LogP) is 0.424. The fourth-order valence-electron chi connectivity index (χ4n) is 3.51. The minimum absolute atomic E-state index is 0.0930. The molecule has 0 unspecified atom stereocenters. The Morgan fingerprint density at radius 3 is 2.44 bits per heavy atom. The molecule has 1 aromatic rings. The number of likely N-dealkylation sites (N-methyl/N-ethyl adjacent to an activating group) is 1. The van der Waals surface area contributed by atoms with E-state index in [0.29, 0.717) is 31.6 Å². The largest absolute Gasteiger partial charge is 0.387 e. The van der Waals surface area contributed by atoms with Crippen molar-refractivity contribution in [2.45, 2.75) is 31.8 Å². The van der Waals surface area contributed by atoms with Gasteiger partial charge in [0.05, 0.1) is 17.7 Å². The number of hydrogen-bond acceptors (Lipinski definition) is 6. The molecule has 7 nitrogen and oxygen atoms in total. The van der Waals surface area contributed by atoms with Crippen molar-refractivity contribution in [1.29, 1.82) is 0 Å². The van der Waals surface area contributed by atoms with Crippen molar-refractivity contribution in [1.82, 2.24) is 24.7 Å². The lowest BCUT2D eigenvalue weighted by Crippen LogP contribution is -2.52. The van der Waals surface area contributed by atoms with Crippen molar-refractivity contribution in [3.63, 3.8) is 0 Å². The van der Waals surface area contributed by atoms with E-state index in [4.69, 9.17) is 0 Å². The molecule has 0 saturated carbocycles. The highest BCUT2D eigenvalue weighted by atomic mass is 16.3. The number of piperazine rings is 1. The summed E-state index contributed by atoms with van der Waals surface area (Å²) >= 11 is 0. The number of hydrogen-bond donors (Lipinski definition) is 1. The van der Waals surface area contributed by atoms with Crippen molar-refractivity contribution in [2.75, 3.05) is 52.9 Å². The van der Waals surface area contributed by atoms with E-state index in [1.807, 2.05) is 13.8 Å². The van der Waals surface area contributed by atoms with Gasteiger partial charge < -0.3 is 14.9 Å². The van der Waals surface area contributed by atoms with Gasteiger partial charge in [0.2, 0.25) is 0 Å². The molecular formula is C18H29N5O2. The van der Waals surface area contributed by atoms with Crippen LogP contribution < -0.4 is 0 Å². The Morgan fingerprint density at radius 1 is 1.20 bits per heavy atom. The highest BCUT2D eigenvalue weighted by molar-refractivity contribution is 5.93. The van der Waals surface area contributed by atoms with Crippen LogP contribution in [0.15, 0.2) is 12.4 Å². The summed E-state index contributed by atoms with van der Waals surface area (Å²) in [6, 6.07) is 0. The van der Waals surface area contributed by atoms with Gasteiger partial charge in [-0.3, -0.25) is 9.69 Å². The van der Waals surface area contributed by atoms with Crippen LogP contribution in [0.5, 0.6) is 0 Å². The molecule has 2 aliphatic rings. The number of carbonyl (C=O) groups is 1. The highest BCUT2D eigenvalue weighted by Crippen LogP contribution is 2.24. The molecule has 1 amide bonds. The van der Waals surface area contributed by atoms with Gasteiger partial charge in [-0.1, -0.05) is 13.8 Å². The minimum Gasteiger partial charge on any atom is -0.387 e. The smallest absolute Gasteiger partial charge is 0.257 e. The molecule has 138 valence electrons. The van der Waals surface area contributed by atoms with Crippen LogP contribution in [0.4, 0.5) is 0 Å². The molecule has 3 heterocycles. The minimum atomic E-state index is -0.815. The third kappa shape index (κ3) is 4.34. The van der Waals surface area contributed by atoms with Crippen molar-refractivity contribution >= 4 is 5.91 Å². The van der Waals surface area contributed by atoms with E-state index in [9.17, 15) is 9.90 Å². The van der Waals surface area contributed by atoms with Gasteiger partial charge in [0.25, 0.3) is 5.91 Å². The number of nitrogens with zero attached hydrogens (tertiary/aromatic N) is 5. The third-order valence-electron chi connectivity index (χ3n) is 5.17. The lowest BCUT2D eigenvalue weighted by atomic mass is 10.0. The summed E-state index contributed by atoms with van der Waals surface area (Å²) in [5, 5.41) is 10.9. The van der Waals surface area contributed by atoms with Crippen LogP contribution in [-0.4, -0.2) is 94.1 Å². The Morgan fingerprint density at radius 2 is 1.84 bits per heavy atom. The zero-order valence-corrected chi connectivity index (χ0v) is 15.5. The van der Waals surface area contributed by atoms with E-state index >= 15 is 0 Å². The van der Waals surface area contributed by atoms with E-state index in [2.05, 4.69) is 26.8 Å². The second-order valence-corrected chi connectivity index (χ2v) is 7.77. The Hall–Kier alpha value is -1.57. The number of β-amino-alcohol motifs (C(OH)–C–C–N with tert-alkyl or cyclic N) is 1. The third-order valence-corrected chi connectivity index (χ3v) is 5.17. The zero-order valence-electron chi connectivity index (χ0n) is 15.5. The van der Waals surface area contributed by atoms with E-state index in [-0.39, 0.29) is 11.8 Å². The van der Waals surface area contributed by atoms with Gasteiger partial charge in [0, 0.05) is 57.6 Å². The van der Waals surface area contributed by atoms with Crippen molar-refractivity contribution in [3.8, 4) is 0 Å². The average Bonchev–Trinajstić information content (AvgIpc) is 2.98. The van der Waals surface area contributed by atoms with Gasteiger partial charge in [0.15, 0.2) is 0 Å². The Labute approximate surface area is 149 Å². The molecule has 2 fully saturated rings. The fourth-order valence-corrected chi connectivity index (χ4v) is 3.51. The van der Waals surface area contributed by atoms with Gasteiger partial charge in [-0.05, 0) is 13.5 Å². The second kappa shape index (κ2) is 7.35. The van der Waals surface area contributed by atoms with Crippen LogP contribution >= 0.6 is 0 Å². The van der Waals surface area contributed by atoms with Crippen LogP contribution in [-0.2, 0) is 0 Å². The quantitative estimate of drug-likeness (QED) is 0.851. The number of rotatable bonds is 4. The number of aliphatic hydroxyl groups is 1. The number of carbonyl (C=O) groups excluding carboxylic acids is 1. The van der Waals surface area contributed by atoms with Crippen LogP contribution in [0.1, 0.15) is 42.4 Å². The first kappa shape index (κ1) is 18.2. The summed E-state index contributed by atoms with van der Waals surface area (Å²) in [5.74, 6) is 0.888. The molecule has 25 heavy (non-hydrogen) atoms. The molecule has 0 spiro atoms.